The van der Waals surface area contributed by atoms with Crippen molar-refractivity contribution in [3.05, 3.63) is 81.1 Å². The van der Waals surface area contributed by atoms with E-state index in [1.54, 1.807) is 38.0 Å². The second kappa shape index (κ2) is 9.51. The summed E-state index contributed by atoms with van der Waals surface area (Å²) in [6, 6.07) is 6.43. The summed E-state index contributed by atoms with van der Waals surface area (Å²) in [6.45, 7) is 0.828. The zero-order valence-corrected chi connectivity index (χ0v) is 18.1. The Labute approximate surface area is 186 Å². The molecule has 0 spiro atoms. The molecule has 0 bridgehead atoms. The van der Waals surface area contributed by atoms with E-state index in [-0.39, 0.29) is 34.5 Å². The average molecular weight is 483 g/mol. The van der Waals surface area contributed by atoms with E-state index in [0.717, 1.165) is 0 Å². The summed E-state index contributed by atoms with van der Waals surface area (Å²) in [6.07, 6.45) is 9.69. The van der Waals surface area contributed by atoms with Crippen molar-refractivity contribution in [1.82, 2.24) is 9.13 Å². The quantitative estimate of drug-likeness (QED) is 0.203. The van der Waals surface area contributed by atoms with E-state index >= 15 is 0 Å². The van der Waals surface area contributed by atoms with Crippen molar-refractivity contribution in [3.63, 3.8) is 0 Å². The Morgan fingerprint density at radius 2 is 1.54 bits per heavy atom. The van der Waals surface area contributed by atoms with Gasteiger partial charge in [-0.2, -0.15) is 0 Å². The Kier molecular flexibility index (Phi) is 7.29. The number of allylic oxidation sites excluding steroid dienone is 2. The summed E-state index contributed by atoms with van der Waals surface area (Å²) in [7, 11) is 0. The molecule has 0 aliphatic heterocycles. The van der Waals surface area contributed by atoms with Crippen LogP contribution in [-0.4, -0.2) is 15.0 Å². The average Bonchev–Trinajstić information content (AvgIpc) is 3.09. The van der Waals surface area contributed by atoms with Crippen molar-refractivity contribution < 1.29 is 13.5 Å². The topological polar surface area (TPSA) is 17.6 Å². The number of alkyl halides is 1. The van der Waals surface area contributed by atoms with Gasteiger partial charge in [-0.15, -0.1) is 58.0 Å². The van der Waals surface area contributed by atoms with Crippen LogP contribution >= 0.6 is 58.0 Å². The number of hydrogen-bond acceptors (Lipinski definition) is 0. The lowest BCUT2D eigenvalue weighted by molar-refractivity contribution is -0.914. The van der Waals surface area contributed by atoms with Crippen molar-refractivity contribution in [2.45, 2.75) is 19.8 Å². The van der Waals surface area contributed by atoms with Gasteiger partial charge in [0.15, 0.2) is 6.67 Å². The van der Waals surface area contributed by atoms with Crippen LogP contribution in [0.15, 0.2) is 36.4 Å². The van der Waals surface area contributed by atoms with E-state index in [1.807, 2.05) is 6.08 Å². The third-order valence-electron chi connectivity index (χ3n) is 3.88. The summed E-state index contributed by atoms with van der Waals surface area (Å²) in [5.74, 6) is 0.0732. The fourth-order valence-corrected chi connectivity index (χ4v) is 3.43. The lowest BCUT2D eigenvalue weighted by Gasteiger charge is -2.05. The molecule has 0 fully saturated rings. The van der Waals surface area contributed by atoms with Gasteiger partial charge in [-0.25, -0.2) is 4.39 Å². The van der Waals surface area contributed by atoms with Gasteiger partial charge in [-0.05, 0) is 12.1 Å². The first-order valence-electron chi connectivity index (χ1n) is 8.10. The molecule has 1 aromatic carbocycles. The van der Waals surface area contributed by atoms with Crippen molar-refractivity contribution in [1.29, 1.82) is 0 Å². The molecule has 2 aromatic heterocycles. The SMILES string of the molecule is Fc1ccccc1Cn1[c-][n+](C[n+]2[c-]n(C/C=C/CCl)c(Cl)c2Cl)c(Cl)c1Cl. The molecule has 0 atom stereocenters. The van der Waals surface area contributed by atoms with Crippen LogP contribution in [0.25, 0.3) is 0 Å². The highest BCUT2D eigenvalue weighted by Crippen LogP contribution is 2.21. The molecule has 3 rings (SSSR count). The van der Waals surface area contributed by atoms with Crippen molar-refractivity contribution in [2.75, 3.05) is 5.88 Å². The van der Waals surface area contributed by atoms with Crippen LogP contribution in [0.1, 0.15) is 5.56 Å². The van der Waals surface area contributed by atoms with E-state index in [1.165, 1.54) is 10.6 Å². The summed E-state index contributed by atoms with van der Waals surface area (Å²) in [5.41, 5.74) is 0.469. The van der Waals surface area contributed by atoms with Crippen LogP contribution in [0.2, 0.25) is 20.6 Å². The number of rotatable bonds is 7. The first-order valence-corrected chi connectivity index (χ1v) is 10.1. The number of benzene rings is 1. The van der Waals surface area contributed by atoms with E-state index in [0.29, 0.717) is 23.1 Å². The van der Waals surface area contributed by atoms with Crippen LogP contribution in [0.4, 0.5) is 4.39 Å². The molecule has 4 nitrogen and oxygen atoms in total. The first-order chi connectivity index (χ1) is 13.4. The molecule has 0 saturated heterocycles. The number of imidazole rings is 2. The fourth-order valence-electron chi connectivity index (χ4n) is 2.51. The maximum Gasteiger partial charge on any atom is 0.209 e. The van der Waals surface area contributed by atoms with Gasteiger partial charge in [0.05, 0.1) is 23.4 Å². The molecule has 0 aliphatic carbocycles. The van der Waals surface area contributed by atoms with Gasteiger partial charge in [0, 0.05) is 11.4 Å². The summed E-state index contributed by atoms with van der Waals surface area (Å²) in [5, 5.41) is 1.09. The first kappa shape index (κ1) is 21.5. The predicted molar refractivity (Wildman–Crippen MR) is 108 cm³/mol. The lowest BCUT2D eigenvalue weighted by atomic mass is 10.2. The molecule has 2 heterocycles. The maximum atomic E-state index is 13.9. The van der Waals surface area contributed by atoms with Gasteiger partial charge < -0.3 is 9.13 Å². The molecule has 0 aliphatic rings. The highest BCUT2D eigenvalue weighted by Gasteiger charge is 2.16. The van der Waals surface area contributed by atoms with Crippen molar-refractivity contribution >= 4 is 58.0 Å². The molecule has 0 unspecified atom stereocenters. The normalized spacial score (nSPS) is 11.6. The monoisotopic (exact) mass is 480 g/mol. The van der Waals surface area contributed by atoms with E-state index in [9.17, 15) is 4.39 Å². The molecule has 0 N–H and O–H groups in total. The summed E-state index contributed by atoms with van der Waals surface area (Å²) >= 11 is 30.8. The predicted octanol–water partition coefficient (Wildman–Crippen LogP) is 4.57. The van der Waals surface area contributed by atoms with Crippen LogP contribution in [0, 0.1) is 18.5 Å². The second-order valence-corrected chi connectivity index (χ2v) is 7.52. The van der Waals surface area contributed by atoms with Crippen molar-refractivity contribution in [2.24, 2.45) is 0 Å². The third kappa shape index (κ3) is 4.66. The number of halogens is 6. The van der Waals surface area contributed by atoms with Crippen LogP contribution in [-0.2, 0) is 19.8 Å². The minimum atomic E-state index is -0.331. The van der Waals surface area contributed by atoms with Crippen LogP contribution < -0.4 is 9.13 Å². The van der Waals surface area contributed by atoms with Gasteiger partial charge in [-0.1, -0.05) is 24.3 Å². The van der Waals surface area contributed by atoms with Crippen molar-refractivity contribution in [3.8, 4) is 0 Å². The van der Waals surface area contributed by atoms with E-state index in [2.05, 4.69) is 12.7 Å². The summed E-state index contributed by atoms with van der Waals surface area (Å²) < 4.78 is 20.2. The van der Waals surface area contributed by atoms with E-state index < -0.39 is 0 Å². The molecule has 148 valence electrons. The van der Waals surface area contributed by atoms with Crippen LogP contribution in [0.3, 0.4) is 0 Å². The largest absolute Gasteiger partial charge is 0.330 e. The van der Waals surface area contributed by atoms with Gasteiger partial charge in [0.2, 0.25) is 12.7 Å². The Morgan fingerprint density at radius 1 is 0.929 bits per heavy atom. The fraction of sp³-hybridized carbons (Fsp3) is 0.222. The Hall–Kier alpha value is -1.24. The Balaban J connectivity index is 1.85. The van der Waals surface area contributed by atoms with E-state index in [4.69, 9.17) is 58.0 Å². The number of hydrogen-bond donors (Lipinski definition) is 0. The molecule has 0 amide bonds. The van der Waals surface area contributed by atoms with Gasteiger partial charge in [-0.3, -0.25) is 9.13 Å². The van der Waals surface area contributed by atoms with Gasteiger partial charge >= 0.3 is 0 Å². The molecular formula is C18H14Cl5FN4. The smallest absolute Gasteiger partial charge is 0.209 e. The molecule has 10 heteroatoms. The zero-order chi connectivity index (χ0) is 20.3. The van der Waals surface area contributed by atoms with Crippen LogP contribution in [0.5, 0.6) is 0 Å². The maximum absolute atomic E-state index is 13.9. The van der Waals surface area contributed by atoms with Gasteiger partial charge in [0.1, 0.15) is 16.1 Å². The molecule has 0 saturated carbocycles. The molecular weight excluding hydrogens is 468 g/mol. The highest BCUT2D eigenvalue weighted by atomic mass is 35.5. The number of nitrogens with zero attached hydrogens (tertiary/aromatic N) is 4. The minimum absolute atomic E-state index is 0.174. The zero-order valence-electron chi connectivity index (χ0n) is 14.3. The molecule has 3 aromatic rings. The molecule has 28 heavy (non-hydrogen) atoms. The lowest BCUT2D eigenvalue weighted by Crippen LogP contribution is -2.51. The third-order valence-corrected chi connectivity index (χ3v) is 5.79. The minimum Gasteiger partial charge on any atom is -0.330 e. The second-order valence-electron chi connectivity index (χ2n) is 5.77. The van der Waals surface area contributed by atoms with Gasteiger partial charge in [0.25, 0.3) is 0 Å². The molecule has 0 radical (unpaired) electrons. The highest BCUT2D eigenvalue weighted by molar-refractivity contribution is 6.40. The number of aromatic nitrogens is 4. The summed E-state index contributed by atoms with van der Waals surface area (Å²) in [4.78, 5) is 0. The standard InChI is InChI=1S/C18H14Cl5FN4/c19-7-3-4-8-25-10-27(17(22)15(25)20)12-28-11-26(16(21)18(28)23)9-13-5-1-2-6-14(13)24/h1-6H,7-9,12H2/b4-3+. The Morgan fingerprint density at radius 3 is 2.18 bits per heavy atom. The Bertz CT molecular complexity index is 1010.